The molecule has 0 amide bonds. The number of aromatic nitrogens is 4. The highest BCUT2D eigenvalue weighted by Crippen LogP contribution is 2.12. The zero-order valence-corrected chi connectivity index (χ0v) is 10.5. The van der Waals surface area contributed by atoms with Crippen molar-refractivity contribution in [3.63, 3.8) is 0 Å². The summed E-state index contributed by atoms with van der Waals surface area (Å²) in [7, 11) is 0. The second-order valence-electron chi connectivity index (χ2n) is 4.05. The Bertz CT molecular complexity index is 568. The highest BCUT2D eigenvalue weighted by atomic mass is 16.5. The predicted octanol–water partition coefficient (Wildman–Crippen LogP) is 0.688. The summed E-state index contributed by atoms with van der Waals surface area (Å²) in [4.78, 5) is 10.6. The lowest BCUT2D eigenvalue weighted by Gasteiger charge is -2.07. The molecule has 0 spiro atoms. The second kappa shape index (κ2) is 5.94. The lowest BCUT2D eigenvalue weighted by atomic mass is 10.2. The summed E-state index contributed by atoms with van der Waals surface area (Å²) in [6, 6.07) is 7.69. The van der Waals surface area contributed by atoms with E-state index in [9.17, 15) is 4.79 Å². The molecule has 7 nitrogen and oxygen atoms in total. The molecule has 2 rings (SSSR count). The van der Waals surface area contributed by atoms with E-state index in [2.05, 4.69) is 15.5 Å². The van der Waals surface area contributed by atoms with Gasteiger partial charge in [0.25, 0.3) is 0 Å². The van der Waals surface area contributed by atoms with Crippen molar-refractivity contribution in [2.45, 2.75) is 19.9 Å². The van der Waals surface area contributed by atoms with Crippen molar-refractivity contribution in [1.29, 1.82) is 0 Å². The number of benzene rings is 1. The van der Waals surface area contributed by atoms with Crippen molar-refractivity contribution in [2.24, 2.45) is 0 Å². The van der Waals surface area contributed by atoms with Crippen molar-refractivity contribution in [3.8, 4) is 5.75 Å². The average Bonchev–Trinajstić information content (AvgIpc) is 2.76. The van der Waals surface area contributed by atoms with Gasteiger partial charge in [0.1, 0.15) is 18.8 Å². The minimum absolute atomic E-state index is 0.197. The predicted molar refractivity (Wildman–Crippen MR) is 65.8 cm³/mol. The molecule has 19 heavy (non-hydrogen) atoms. The molecule has 0 aliphatic rings. The van der Waals surface area contributed by atoms with Crippen LogP contribution >= 0.6 is 0 Å². The van der Waals surface area contributed by atoms with E-state index in [-0.39, 0.29) is 6.42 Å². The normalized spacial score (nSPS) is 10.4. The van der Waals surface area contributed by atoms with Gasteiger partial charge in [0.2, 0.25) is 0 Å². The molecule has 0 unspecified atom stereocenters. The maximum atomic E-state index is 10.6. The Hall–Kier alpha value is -2.44. The molecular formula is C12H14N4O3. The first-order valence-electron chi connectivity index (χ1n) is 5.81. The molecule has 0 saturated heterocycles. The summed E-state index contributed by atoms with van der Waals surface area (Å²) < 4.78 is 6.99. The van der Waals surface area contributed by atoms with E-state index >= 15 is 0 Å². The molecular weight excluding hydrogens is 248 g/mol. The van der Waals surface area contributed by atoms with Gasteiger partial charge in [-0.3, -0.25) is 4.79 Å². The van der Waals surface area contributed by atoms with Gasteiger partial charge in [-0.05, 0) is 35.0 Å². The van der Waals surface area contributed by atoms with Crippen LogP contribution in [0.25, 0.3) is 0 Å². The molecule has 0 radical (unpaired) electrons. The van der Waals surface area contributed by atoms with E-state index in [1.165, 1.54) is 4.68 Å². The van der Waals surface area contributed by atoms with Gasteiger partial charge in [-0.1, -0.05) is 12.1 Å². The third-order valence-corrected chi connectivity index (χ3v) is 2.48. The van der Waals surface area contributed by atoms with E-state index in [0.717, 1.165) is 11.3 Å². The van der Waals surface area contributed by atoms with Crippen LogP contribution in [0.2, 0.25) is 0 Å². The highest BCUT2D eigenvalue weighted by molar-refractivity contribution is 5.68. The van der Waals surface area contributed by atoms with Gasteiger partial charge < -0.3 is 9.84 Å². The van der Waals surface area contributed by atoms with Gasteiger partial charge in [0, 0.05) is 0 Å². The van der Waals surface area contributed by atoms with Crippen molar-refractivity contribution in [2.75, 3.05) is 6.61 Å². The number of tetrazole rings is 1. The van der Waals surface area contributed by atoms with Gasteiger partial charge in [-0.2, -0.15) is 0 Å². The fraction of sp³-hybridized carbons (Fsp3) is 0.333. The maximum Gasteiger partial charge on any atom is 0.311 e. The Morgan fingerprint density at radius 1 is 1.47 bits per heavy atom. The van der Waals surface area contributed by atoms with Crippen LogP contribution in [0.4, 0.5) is 0 Å². The van der Waals surface area contributed by atoms with Crippen molar-refractivity contribution < 1.29 is 14.6 Å². The number of rotatable bonds is 6. The van der Waals surface area contributed by atoms with E-state index in [0.29, 0.717) is 19.0 Å². The largest absolute Gasteiger partial charge is 0.492 e. The van der Waals surface area contributed by atoms with E-state index in [1.54, 1.807) is 0 Å². The molecule has 0 saturated carbocycles. The Morgan fingerprint density at radius 3 is 3.05 bits per heavy atom. The first-order valence-corrected chi connectivity index (χ1v) is 5.81. The zero-order chi connectivity index (χ0) is 13.7. The van der Waals surface area contributed by atoms with Crippen molar-refractivity contribution >= 4 is 5.97 Å². The Labute approximate surface area is 109 Å². The maximum absolute atomic E-state index is 10.6. The number of hydrogen-bond acceptors (Lipinski definition) is 5. The zero-order valence-electron chi connectivity index (χ0n) is 10.5. The first kappa shape index (κ1) is 13.0. The third kappa shape index (κ3) is 3.77. The molecule has 0 aliphatic carbocycles. The van der Waals surface area contributed by atoms with Crippen LogP contribution in [-0.4, -0.2) is 37.9 Å². The van der Waals surface area contributed by atoms with Crippen molar-refractivity contribution in [3.05, 3.63) is 35.7 Å². The molecule has 0 atom stereocenters. The van der Waals surface area contributed by atoms with Crippen LogP contribution in [0.1, 0.15) is 11.4 Å². The van der Waals surface area contributed by atoms with E-state index in [1.807, 2.05) is 31.2 Å². The Morgan fingerprint density at radius 2 is 2.32 bits per heavy atom. The SMILES string of the molecule is Cc1cccc(OCCn2nnnc2CC(=O)O)c1. The van der Waals surface area contributed by atoms with Gasteiger partial charge in [-0.15, -0.1) is 5.10 Å². The summed E-state index contributed by atoms with van der Waals surface area (Å²) in [6.07, 6.45) is -0.197. The molecule has 1 heterocycles. The number of carboxylic acid groups (broad SMARTS) is 1. The molecule has 100 valence electrons. The quantitative estimate of drug-likeness (QED) is 0.823. The number of carboxylic acids is 1. The lowest BCUT2D eigenvalue weighted by Crippen LogP contribution is -2.15. The third-order valence-electron chi connectivity index (χ3n) is 2.48. The molecule has 2 aromatic rings. The lowest BCUT2D eigenvalue weighted by molar-refractivity contribution is -0.136. The van der Waals surface area contributed by atoms with Gasteiger partial charge in [0.05, 0.1) is 6.54 Å². The summed E-state index contributed by atoms with van der Waals surface area (Å²) in [5.41, 5.74) is 1.12. The van der Waals surface area contributed by atoms with Crippen LogP contribution in [0, 0.1) is 6.92 Å². The molecule has 1 aromatic carbocycles. The van der Waals surface area contributed by atoms with Crippen molar-refractivity contribution in [1.82, 2.24) is 20.2 Å². The van der Waals surface area contributed by atoms with Crippen LogP contribution in [-0.2, 0) is 17.8 Å². The fourth-order valence-corrected chi connectivity index (χ4v) is 1.61. The summed E-state index contributed by atoms with van der Waals surface area (Å²) in [5, 5.41) is 19.6. The monoisotopic (exact) mass is 262 g/mol. The smallest absolute Gasteiger partial charge is 0.311 e. The van der Waals surface area contributed by atoms with Gasteiger partial charge in [-0.25, -0.2) is 4.68 Å². The summed E-state index contributed by atoms with van der Waals surface area (Å²) in [6.45, 7) is 2.77. The van der Waals surface area contributed by atoms with E-state index in [4.69, 9.17) is 9.84 Å². The number of nitrogens with zero attached hydrogens (tertiary/aromatic N) is 4. The molecule has 7 heteroatoms. The minimum atomic E-state index is -0.962. The summed E-state index contributed by atoms with van der Waals surface area (Å²) in [5.74, 6) is 0.129. The van der Waals surface area contributed by atoms with Crippen LogP contribution in [0.5, 0.6) is 5.75 Å². The van der Waals surface area contributed by atoms with Crippen LogP contribution < -0.4 is 4.74 Å². The average molecular weight is 262 g/mol. The Balaban J connectivity index is 1.89. The number of aryl methyl sites for hydroxylation is 1. The Kier molecular flexibility index (Phi) is 4.07. The molecule has 1 N–H and O–H groups in total. The van der Waals surface area contributed by atoms with Gasteiger partial charge >= 0.3 is 5.97 Å². The molecule has 0 bridgehead atoms. The first-order chi connectivity index (χ1) is 9.15. The van der Waals surface area contributed by atoms with Gasteiger partial charge in [0.15, 0.2) is 5.82 Å². The standard InChI is InChI=1S/C12H14N4O3/c1-9-3-2-4-10(7-9)19-6-5-16-11(8-12(17)18)13-14-15-16/h2-4,7H,5-6,8H2,1H3,(H,17,18). The summed E-state index contributed by atoms with van der Waals surface area (Å²) >= 11 is 0. The van der Waals surface area contributed by atoms with Crippen LogP contribution in [0.15, 0.2) is 24.3 Å². The fourth-order valence-electron chi connectivity index (χ4n) is 1.61. The number of aliphatic carboxylic acids is 1. The van der Waals surface area contributed by atoms with E-state index < -0.39 is 5.97 Å². The number of hydrogen-bond donors (Lipinski definition) is 1. The molecule has 1 aromatic heterocycles. The van der Waals surface area contributed by atoms with Crippen LogP contribution in [0.3, 0.4) is 0 Å². The molecule has 0 fully saturated rings. The highest BCUT2D eigenvalue weighted by Gasteiger charge is 2.10. The number of carbonyl (C=O) groups is 1. The minimum Gasteiger partial charge on any atom is -0.492 e. The second-order valence-corrected chi connectivity index (χ2v) is 4.05. The number of ether oxygens (including phenoxy) is 1. The topological polar surface area (TPSA) is 90.1 Å². The molecule has 0 aliphatic heterocycles.